The average Bonchev–Trinajstić information content (AvgIpc) is 2.67. The maximum absolute atomic E-state index is 12.7. The number of carbonyl (C=O) groups is 2. The van der Waals surface area contributed by atoms with Gasteiger partial charge in [-0.2, -0.15) is 0 Å². The molecule has 1 unspecified atom stereocenters. The van der Waals surface area contributed by atoms with Gasteiger partial charge in [0.2, 0.25) is 11.8 Å². The van der Waals surface area contributed by atoms with Gasteiger partial charge in [0.25, 0.3) is 0 Å². The van der Waals surface area contributed by atoms with Gasteiger partial charge in [0.05, 0.1) is 12.6 Å². The monoisotopic (exact) mass is 399 g/mol. The Labute approximate surface area is 166 Å². The normalized spacial score (nSPS) is 21.0. The van der Waals surface area contributed by atoms with E-state index in [1.54, 1.807) is 0 Å². The second-order valence-corrected chi connectivity index (χ2v) is 7.29. The van der Waals surface area contributed by atoms with Crippen molar-refractivity contribution in [2.45, 2.75) is 38.1 Å². The van der Waals surface area contributed by atoms with E-state index in [1.807, 2.05) is 29.2 Å². The third kappa shape index (κ3) is 5.12. The second kappa shape index (κ2) is 10.1. The van der Waals surface area contributed by atoms with Gasteiger partial charge in [-0.25, -0.2) is 0 Å². The van der Waals surface area contributed by atoms with Crippen molar-refractivity contribution in [3.05, 3.63) is 34.9 Å². The lowest BCUT2D eigenvalue weighted by atomic mass is 9.89. The van der Waals surface area contributed by atoms with Crippen LogP contribution in [0.2, 0.25) is 5.02 Å². The predicted octanol–water partition coefficient (Wildman–Crippen LogP) is 2.93. The Bertz CT molecular complexity index is 621. The molecule has 1 heterocycles. The number of hydrogen-bond acceptors (Lipinski definition) is 3. The third-order valence-electron chi connectivity index (χ3n) is 5.22. The molecule has 2 fully saturated rings. The summed E-state index contributed by atoms with van der Waals surface area (Å²) in [4.78, 5) is 26.8. The van der Waals surface area contributed by atoms with Gasteiger partial charge < -0.3 is 15.5 Å². The van der Waals surface area contributed by atoms with Gasteiger partial charge in [-0.15, -0.1) is 12.4 Å². The zero-order valence-corrected chi connectivity index (χ0v) is 16.5. The zero-order valence-electron chi connectivity index (χ0n) is 14.9. The van der Waals surface area contributed by atoms with E-state index < -0.39 is 0 Å². The quantitative estimate of drug-likeness (QED) is 0.817. The van der Waals surface area contributed by atoms with Crippen molar-refractivity contribution in [3.8, 4) is 0 Å². The van der Waals surface area contributed by atoms with Crippen LogP contribution in [0.4, 0.5) is 0 Å². The molecule has 1 atom stereocenters. The summed E-state index contributed by atoms with van der Waals surface area (Å²) in [5.41, 5.74) is 0.948. The van der Waals surface area contributed by atoms with E-state index in [2.05, 4.69) is 10.6 Å². The van der Waals surface area contributed by atoms with Crippen molar-refractivity contribution < 1.29 is 9.59 Å². The number of hydrogen-bond donors (Lipinski definition) is 2. The number of benzene rings is 1. The van der Waals surface area contributed by atoms with E-state index in [4.69, 9.17) is 11.6 Å². The molecule has 1 aliphatic carbocycles. The molecule has 0 aromatic heterocycles. The highest BCUT2D eigenvalue weighted by atomic mass is 35.5. The minimum absolute atomic E-state index is 0. The molecule has 2 amide bonds. The molecule has 0 radical (unpaired) electrons. The number of halogens is 2. The third-order valence-corrected chi connectivity index (χ3v) is 5.56. The molecule has 5 nitrogen and oxygen atoms in total. The predicted molar refractivity (Wildman–Crippen MR) is 106 cm³/mol. The average molecular weight is 400 g/mol. The van der Waals surface area contributed by atoms with Crippen molar-refractivity contribution in [2.24, 2.45) is 5.92 Å². The fourth-order valence-electron chi connectivity index (χ4n) is 3.80. The first kappa shape index (κ1) is 21.0. The summed E-state index contributed by atoms with van der Waals surface area (Å²) in [6.07, 6.45) is 5.31. The fraction of sp³-hybridized carbons (Fsp3) is 0.579. The molecule has 0 bridgehead atoms. The van der Waals surface area contributed by atoms with Gasteiger partial charge in [-0.3, -0.25) is 9.59 Å². The lowest BCUT2D eigenvalue weighted by Crippen LogP contribution is -2.51. The van der Waals surface area contributed by atoms with Gasteiger partial charge in [0.15, 0.2) is 0 Å². The molecule has 1 aliphatic heterocycles. The van der Waals surface area contributed by atoms with Crippen molar-refractivity contribution in [3.63, 3.8) is 0 Å². The van der Waals surface area contributed by atoms with E-state index in [9.17, 15) is 9.59 Å². The Balaban J connectivity index is 0.00000243. The Morgan fingerprint density at radius 1 is 1.19 bits per heavy atom. The Kier molecular flexibility index (Phi) is 8.19. The Hall–Kier alpha value is -1.30. The van der Waals surface area contributed by atoms with Crippen LogP contribution in [0.3, 0.4) is 0 Å². The summed E-state index contributed by atoms with van der Waals surface area (Å²) in [5.74, 6) is 0.0528. The molecule has 2 N–H and O–H groups in total. The molecule has 1 aromatic carbocycles. The van der Waals surface area contributed by atoms with E-state index in [0.29, 0.717) is 18.1 Å². The number of rotatable bonds is 4. The topological polar surface area (TPSA) is 61.4 Å². The highest BCUT2D eigenvalue weighted by Crippen LogP contribution is 2.28. The van der Waals surface area contributed by atoms with Crippen molar-refractivity contribution >= 4 is 35.8 Å². The highest BCUT2D eigenvalue weighted by molar-refractivity contribution is 6.31. The summed E-state index contributed by atoms with van der Waals surface area (Å²) in [5, 5.41) is 6.84. The summed E-state index contributed by atoms with van der Waals surface area (Å²) in [7, 11) is 0. The van der Waals surface area contributed by atoms with Crippen molar-refractivity contribution in [1.82, 2.24) is 15.5 Å². The molecule has 0 spiro atoms. The van der Waals surface area contributed by atoms with Crippen LogP contribution in [0.5, 0.6) is 0 Å². The van der Waals surface area contributed by atoms with Crippen LogP contribution < -0.4 is 10.6 Å². The summed E-state index contributed by atoms with van der Waals surface area (Å²) >= 11 is 6.32. The molecular weight excluding hydrogens is 373 g/mol. The first-order chi connectivity index (χ1) is 12.2. The van der Waals surface area contributed by atoms with Crippen LogP contribution in [0.25, 0.3) is 0 Å². The van der Waals surface area contributed by atoms with Gasteiger partial charge in [0, 0.05) is 30.6 Å². The molecule has 1 saturated carbocycles. The van der Waals surface area contributed by atoms with Crippen LogP contribution in [-0.2, 0) is 9.59 Å². The van der Waals surface area contributed by atoms with Gasteiger partial charge in [-0.1, -0.05) is 49.1 Å². The largest absolute Gasteiger partial charge is 0.347 e. The zero-order chi connectivity index (χ0) is 17.6. The van der Waals surface area contributed by atoms with Crippen LogP contribution in [0.15, 0.2) is 24.3 Å². The molecule has 1 saturated heterocycles. The molecule has 7 heteroatoms. The number of piperazine rings is 1. The molecule has 26 heavy (non-hydrogen) atoms. The smallest absolute Gasteiger partial charge is 0.242 e. The minimum atomic E-state index is -0.0958. The minimum Gasteiger partial charge on any atom is -0.347 e. The highest BCUT2D eigenvalue weighted by Gasteiger charge is 2.29. The fourth-order valence-corrected chi connectivity index (χ4v) is 4.06. The molecule has 1 aromatic rings. The molecule has 2 aliphatic rings. The second-order valence-electron chi connectivity index (χ2n) is 6.88. The van der Waals surface area contributed by atoms with E-state index in [-0.39, 0.29) is 42.7 Å². The van der Waals surface area contributed by atoms with Crippen LogP contribution in [0, 0.1) is 5.92 Å². The first-order valence-electron chi connectivity index (χ1n) is 9.19. The van der Waals surface area contributed by atoms with Gasteiger partial charge >= 0.3 is 0 Å². The van der Waals surface area contributed by atoms with E-state index in [1.165, 1.54) is 6.42 Å². The Morgan fingerprint density at radius 2 is 1.92 bits per heavy atom. The van der Waals surface area contributed by atoms with Crippen molar-refractivity contribution in [2.75, 3.05) is 26.2 Å². The number of nitrogens with one attached hydrogen (secondary N) is 2. The lowest BCUT2D eigenvalue weighted by molar-refractivity contribution is -0.136. The lowest BCUT2D eigenvalue weighted by Gasteiger charge is -2.37. The number of amides is 2. The van der Waals surface area contributed by atoms with Crippen LogP contribution in [0.1, 0.15) is 43.7 Å². The maximum Gasteiger partial charge on any atom is 0.242 e. The van der Waals surface area contributed by atoms with Crippen molar-refractivity contribution in [1.29, 1.82) is 0 Å². The van der Waals surface area contributed by atoms with Crippen LogP contribution in [-0.4, -0.2) is 42.9 Å². The summed E-state index contributed by atoms with van der Waals surface area (Å²) < 4.78 is 0. The molecule has 3 rings (SSSR count). The molecule has 144 valence electrons. The summed E-state index contributed by atoms with van der Waals surface area (Å²) in [6, 6.07) is 7.53. The molecular formula is C19H27Cl2N3O2. The Morgan fingerprint density at radius 3 is 2.65 bits per heavy atom. The summed E-state index contributed by atoms with van der Waals surface area (Å²) in [6.45, 7) is 2.11. The van der Waals surface area contributed by atoms with Crippen LogP contribution >= 0.6 is 24.0 Å². The first-order valence-corrected chi connectivity index (χ1v) is 9.57. The SMILES string of the molecule is Cl.O=C(NCC(=O)N1CCNCC1c1ccccc1Cl)C1CCCCC1. The standard InChI is InChI=1S/C19H26ClN3O2.ClH/c20-16-9-5-4-8-15(16)17-12-21-10-11-23(17)18(24)13-22-19(25)14-6-2-1-3-7-14;/h4-5,8-9,14,17,21H,1-3,6-7,10-13H2,(H,22,25);1H. The van der Waals surface area contributed by atoms with E-state index >= 15 is 0 Å². The van der Waals surface area contributed by atoms with Gasteiger partial charge in [-0.05, 0) is 24.5 Å². The number of carbonyl (C=O) groups excluding carboxylic acids is 2. The number of nitrogens with zero attached hydrogens (tertiary/aromatic N) is 1. The maximum atomic E-state index is 12.7. The van der Waals surface area contributed by atoms with E-state index in [0.717, 1.165) is 37.8 Å². The van der Waals surface area contributed by atoms with Gasteiger partial charge in [0.1, 0.15) is 0 Å².